The van der Waals surface area contributed by atoms with Crippen molar-refractivity contribution in [2.45, 2.75) is 19.4 Å². The van der Waals surface area contributed by atoms with Crippen LogP contribution in [0.5, 0.6) is 0 Å². The van der Waals surface area contributed by atoms with E-state index in [4.69, 9.17) is 23.2 Å². The highest BCUT2D eigenvalue weighted by Crippen LogP contribution is 2.28. The van der Waals surface area contributed by atoms with Gasteiger partial charge in [-0.3, -0.25) is 9.67 Å². The molecule has 0 bridgehead atoms. The Labute approximate surface area is 122 Å². The van der Waals surface area contributed by atoms with Gasteiger partial charge in [0, 0.05) is 31.9 Å². The van der Waals surface area contributed by atoms with Gasteiger partial charge >= 0.3 is 0 Å². The summed E-state index contributed by atoms with van der Waals surface area (Å²) in [5.41, 5.74) is 2.84. The fourth-order valence-corrected chi connectivity index (χ4v) is 2.62. The third-order valence-corrected chi connectivity index (χ3v) is 3.99. The summed E-state index contributed by atoms with van der Waals surface area (Å²) in [7, 11) is 3.80. The molecule has 0 aliphatic heterocycles. The molecule has 0 spiro atoms. The molecule has 2 heterocycles. The van der Waals surface area contributed by atoms with Crippen LogP contribution in [0.25, 0.3) is 0 Å². The van der Waals surface area contributed by atoms with E-state index >= 15 is 0 Å². The summed E-state index contributed by atoms with van der Waals surface area (Å²) >= 11 is 12.5. The van der Waals surface area contributed by atoms with Gasteiger partial charge < -0.3 is 5.32 Å². The molecule has 0 saturated heterocycles. The van der Waals surface area contributed by atoms with Crippen LogP contribution in [0.15, 0.2) is 18.5 Å². The second-order valence-corrected chi connectivity index (χ2v) is 5.20. The number of nitrogens with zero attached hydrogens (tertiary/aromatic N) is 3. The van der Waals surface area contributed by atoms with E-state index in [1.807, 2.05) is 31.8 Å². The molecule has 102 valence electrons. The Morgan fingerprint density at radius 3 is 2.68 bits per heavy atom. The third kappa shape index (κ3) is 2.91. The minimum atomic E-state index is 0.0720. The first-order valence-electron chi connectivity index (χ1n) is 5.99. The zero-order valence-corrected chi connectivity index (χ0v) is 12.6. The molecule has 0 radical (unpaired) electrons. The molecule has 0 aromatic carbocycles. The van der Waals surface area contributed by atoms with Crippen LogP contribution in [0.3, 0.4) is 0 Å². The number of likely N-dealkylation sites (N-methyl/N-ethyl adjacent to an activating group) is 1. The van der Waals surface area contributed by atoms with Crippen molar-refractivity contribution in [1.29, 1.82) is 0 Å². The highest BCUT2D eigenvalue weighted by Gasteiger charge is 2.19. The van der Waals surface area contributed by atoms with E-state index < -0.39 is 0 Å². The molecule has 2 rings (SSSR count). The van der Waals surface area contributed by atoms with Gasteiger partial charge in [0.1, 0.15) is 0 Å². The Morgan fingerprint density at radius 2 is 2.16 bits per heavy atom. The first-order chi connectivity index (χ1) is 9.04. The monoisotopic (exact) mass is 298 g/mol. The van der Waals surface area contributed by atoms with Crippen molar-refractivity contribution >= 4 is 23.2 Å². The zero-order chi connectivity index (χ0) is 14.0. The van der Waals surface area contributed by atoms with Crippen molar-refractivity contribution in [2.75, 3.05) is 7.05 Å². The second-order valence-electron chi connectivity index (χ2n) is 4.41. The summed E-state index contributed by atoms with van der Waals surface area (Å²) in [6, 6.07) is 1.99. The Balaban J connectivity index is 2.32. The van der Waals surface area contributed by atoms with Gasteiger partial charge in [-0.1, -0.05) is 23.2 Å². The minimum absolute atomic E-state index is 0.0720. The smallest absolute Gasteiger partial charge is 0.0847 e. The van der Waals surface area contributed by atoms with Gasteiger partial charge in [0.15, 0.2) is 0 Å². The Kier molecular flexibility index (Phi) is 4.45. The number of halogens is 2. The molecule has 2 aromatic rings. The maximum atomic E-state index is 6.29. The highest BCUT2D eigenvalue weighted by molar-refractivity contribution is 6.32. The molecule has 1 atom stereocenters. The first kappa shape index (κ1) is 14.3. The molecular formula is C13H16Cl2N4. The molecule has 0 amide bonds. The van der Waals surface area contributed by atoms with E-state index in [1.54, 1.807) is 12.4 Å². The Bertz CT molecular complexity index is 580. The van der Waals surface area contributed by atoms with Gasteiger partial charge in [-0.2, -0.15) is 5.10 Å². The Hall–Kier alpha value is -1.10. The number of aromatic nitrogens is 3. The van der Waals surface area contributed by atoms with Gasteiger partial charge in [-0.05, 0) is 25.6 Å². The van der Waals surface area contributed by atoms with Crippen molar-refractivity contribution < 1.29 is 0 Å². The van der Waals surface area contributed by atoms with Crippen molar-refractivity contribution in [3.63, 3.8) is 0 Å². The summed E-state index contributed by atoms with van der Waals surface area (Å²) < 4.78 is 1.82. The summed E-state index contributed by atoms with van der Waals surface area (Å²) in [5.74, 6) is 0. The highest BCUT2D eigenvalue weighted by atomic mass is 35.5. The molecule has 0 saturated carbocycles. The molecule has 2 aromatic heterocycles. The van der Waals surface area contributed by atoms with E-state index in [0.29, 0.717) is 10.0 Å². The summed E-state index contributed by atoms with van der Waals surface area (Å²) in [6.07, 6.45) is 4.11. The molecular weight excluding hydrogens is 283 g/mol. The van der Waals surface area contributed by atoms with Crippen LogP contribution in [-0.4, -0.2) is 21.8 Å². The molecule has 19 heavy (non-hydrogen) atoms. The molecule has 4 nitrogen and oxygen atoms in total. The largest absolute Gasteiger partial charge is 0.313 e. The van der Waals surface area contributed by atoms with E-state index in [0.717, 1.165) is 23.4 Å². The minimum Gasteiger partial charge on any atom is -0.313 e. The third-order valence-electron chi connectivity index (χ3n) is 3.19. The molecule has 1 N–H and O–H groups in total. The SMILES string of the molecule is CNC(Cc1c(Cl)c(C)nn1C)c1ccncc1Cl. The first-order valence-corrected chi connectivity index (χ1v) is 6.74. The van der Waals surface area contributed by atoms with Crippen molar-refractivity contribution in [2.24, 2.45) is 7.05 Å². The van der Waals surface area contributed by atoms with Gasteiger partial charge in [0.05, 0.1) is 21.4 Å². The van der Waals surface area contributed by atoms with Crippen LogP contribution >= 0.6 is 23.2 Å². The fourth-order valence-electron chi connectivity index (χ4n) is 2.13. The van der Waals surface area contributed by atoms with E-state index in [2.05, 4.69) is 15.4 Å². The summed E-state index contributed by atoms with van der Waals surface area (Å²) in [5, 5.41) is 8.95. The number of nitrogens with one attached hydrogen (secondary N) is 1. The van der Waals surface area contributed by atoms with Gasteiger partial charge in [0.2, 0.25) is 0 Å². The molecule has 0 fully saturated rings. The van der Waals surface area contributed by atoms with Crippen LogP contribution in [-0.2, 0) is 13.5 Å². The average molecular weight is 299 g/mol. The maximum absolute atomic E-state index is 6.29. The van der Waals surface area contributed by atoms with Crippen LogP contribution < -0.4 is 5.32 Å². The van der Waals surface area contributed by atoms with E-state index in [9.17, 15) is 0 Å². The maximum Gasteiger partial charge on any atom is 0.0847 e. The van der Waals surface area contributed by atoms with Crippen LogP contribution in [0.1, 0.15) is 23.0 Å². The van der Waals surface area contributed by atoms with Crippen molar-refractivity contribution in [3.05, 3.63) is 45.5 Å². The predicted octanol–water partition coefficient (Wildman–Crippen LogP) is 2.93. The van der Waals surface area contributed by atoms with Gasteiger partial charge in [-0.25, -0.2) is 0 Å². The zero-order valence-electron chi connectivity index (χ0n) is 11.1. The van der Waals surface area contributed by atoms with Crippen LogP contribution in [0.2, 0.25) is 10.0 Å². The fraction of sp³-hybridized carbons (Fsp3) is 0.385. The number of aryl methyl sites for hydroxylation is 2. The predicted molar refractivity (Wildman–Crippen MR) is 77.7 cm³/mol. The van der Waals surface area contributed by atoms with Crippen LogP contribution in [0.4, 0.5) is 0 Å². The van der Waals surface area contributed by atoms with Crippen LogP contribution in [0, 0.1) is 6.92 Å². The topological polar surface area (TPSA) is 42.7 Å². The number of pyridine rings is 1. The second kappa shape index (κ2) is 5.90. The van der Waals surface area contributed by atoms with Crippen molar-refractivity contribution in [3.8, 4) is 0 Å². The molecule has 6 heteroatoms. The summed E-state index contributed by atoms with van der Waals surface area (Å²) in [4.78, 5) is 4.00. The average Bonchev–Trinajstić information content (AvgIpc) is 2.63. The normalized spacial score (nSPS) is 12.7. The lowest BCUT2D eigenvalue weighted by Crippen LogP contribution is -2.20. The number of rotatable bonds is 4. The summed E-state index contributed by atoms with van der Waals surface area (Å²) in [6.45, 7) is 1.90. The van der Waals surface area contributed by atoms with Gasteiger partial charge in [-0.15, -0.1) is 0 Å². The van der Waals surface area contributed by atoms with Gasteiger partial charge in [0.25, 0.3) is 0 Å². The van der Waals surface area contributed by atoms with Crippen molar-refractivity contribution in [1.82, 2.24) is 20.1 Å². The quantitative estimate of drug-likeness (QED) is 0.944. The number of hydrogen-bond donors (Lipinski definition) is 1. The molecule has 1 unspecified atom stereocenters. The van der Waals surface area contributed by atoms with E-state index in [1.165, 1.54) is 0 Å². The van der Waals surface area contributed by atoms with E-state index in [-0.39, 0.29) is 6.04 Å². The molecule has 0 aliphatic carbocycles. The lowest BCUT2D eigenvalue weighted by Gasteiger charge is -2.18. The Morgan fingerprint density at radius 1 is 1.42 bits per heavy atom. The lowest BCUT2D eigenvalue weighted by atomic mass is 10.0. The standard InChI is InChI=1S/C13H16Cl2N4/c1-8-13(15)12(19(3)18-8)6-11(16-2)9-4-5-17-7-10(9)14/h4-5,7,11,16H,6H2,1-3H3. The number of hydrogen-bond acceptors (Lipinski definition) is 3. The lowest BCUT2D eigenvalue weighted by molar-refractivity contribution is 0.561. The molecule has 0 aliphatic rings.